The van der Waals surface area contributed by atoms with Gasteiger partial charge < -0.3 is 13.9 Å². The highest BCUT2D eigenvalue weighted by Crippen LogP contribution is 2.47. The van der Waals surface area contributed by atoms with Gasteiger partial charge in [0.05, 0.1) is 16.7 Å². The second-order valence-corrected chi connectivity index (χ2v) is 15.0. The smallest absolute Gasteiger partial charge is 0.143 e. The predicted octanol–water partition coefficient (Wildman–Crippen LogP) is 15.5. The predicted molar refractivity (Wildman–Crippen MR) is 244 cm³/mol. The molecule has 3 heteroatoms. The van der Waals surface area contributed by atoms with E-state index in [4.69, 9.17) is 4.42 Å². The fourth-order valence-corrected chi connectivity index (χ4v) is 8.68. The molecule has 0 saturated carbocycles. The van der Waals surface area contributed by atoms with E-state index < -0.39 is 0 Å². The maximum Gasteiger partial charge on any atom is 0.143 e. The van der Waals surface area contributed by atoms with Crippen LogP contribution < -0.4 is 4.90 Å². The van der Waals surface area contributed by atoms with Crippen LogP contribution in [0.3, 0.4) is 0 Å². The Morgan fingerprint density at radius 2 is 1.02 bits per heavy atom. The molecule has 0 unspecified atom stereocenters. The Kier molecular flexibility index (Phi) is 8.04. The lowest BCUT2D eigenvalue weighted by Gasteiger charge is -2.29. The van der Waals surface area contributed by atoms with Crippen LogP contribution in [0, 0.1) is 6.92 Å². The Morgan fingerprint density at radius 3 is 1.74 bits per heavy atom. The number of fused-ring (bicyclic) bond motifs is 6. The number of aryl methyl sites for hydroxylation is 1. The first-order chi connectivity index (χ1) is 28.7. The molecule has 274 valence electrons. The molecular weight excluding hydrogens is 705 g/mol. The molecule has 0 radical (unpaired) electrons. The second kappa shape index (κ2) is 13.8. The maximum absolute atomic E-state index is 6.80. The van der Waals surface area contributed by atoms with Gasteiger partial charge in [0.1, 0.15) is 11.2 Å². The Bertz CT molecular complexity index is 3230. The first-order valence-electron chi connectivity index (χ1n) is 19.8. The second-order valence-electron chi connectivity index (χ2n) is 15.0. The Hall–Kier alpha value is -7.62. The summed E-state index contributed by atoms with van der Waals surface area (Å²) in [6.07, 6.45) is 0. The van der Waals surface area contributed by atoms with Gasteiger partial charge in [0.15, 0.2) is 0 Å². The molecule has 2 aromatic heterocycles. The molecule has 0 aliphatic heterocycles. The zero-order valence-electron chi connectivity index (χ0n) is 32.0. The average molecular weight is 743 g/mol. The van der Waals surface area contributed by atoms with Crippen molar-refractivity contribution in [3.05, 3.63) is 218 Å². The Morgan fingerprint density at radius 1 is 0.397 bits per heavy atom. The van der Waals surface area contributed by atoms with Crippen molar-refractivity contribution in [2.75, 3.05) is 4.90 Å². The average Bonchev–Trinajstić information content (AvgIpc) is 3.84. The topological polar surface area (TPSA) is 21.3 Å². The summed E-state index contributed by atoms with van der Waals surface area (Å²) in [5, 5.41) is 4.65. The van der Waals surface area contributed by atoms with Gasteiger partial charge in [-0.15, -0.1) is 0 Å². The first-order valence-corrected chi connectivity index (χ1v) is 19.8. The van der Waals surface area contributed by atoms with E-state index in [0.717, 1.165) is 66.9 Å². The van der Waals surface area contributed by atoms with Gasteiger partial charge in [-0.25, -0.2) is 0 Å². The lowest BCUT2D eigenvalue weighted by molar-refractivity contribution is 0.670. The van der Waals surface area contributed by atoms with E-state index in [1.165, 1.54) is 38.5 Å². The Labute approximate surface area is 337 Å². The van der Waals surface area contributed by atoms with Crippen LogP contribution in [-0.4, -0.2) is 4.57 Å². The molecule has 9 aromatic carbocycles. The highest BCUT2D eigenvalue weighted by molar-refractivity contribution is 6.12. The lowest BCUT2D eigenvalue weighted by Crippen LogP contribution is -2.11. The molecule has 0 fully saturated rings. The van der Waals surface area contributed by atoms with Crippen LogP contribution in [0.4, 0.5) is 17.1 Å². The zero-order chi connectivity index (χ0) is 38.6. The minimum Gasteiger partial charge on any atom is -0.455 e. The number of benzene rings is 9. The van der Waals surface area contributed by atoms with Crippen LogP contribution in [0.5, 0.6) is 0 Å². The van der Waals surface area contributed by atoms with Gasteiger partial charge in [-0.3, -0.25) is 0 Å². The molecule has 0 saturated heterocycles. The number of rotatable bonds is 7. The Balaban J connectivity index is 1.18. The molecule has 0 bridgehead atoms. The van der Waals surface area contributed by atoms with Gasteiger partial charge in [-0.2, -0.15) is 0 Å². The van der Waals surface area contributed by atoms with Crippen molar-refractivity contribution in [2.45, 2.75) is 6.92 Å². The number of furan rings is 1. The molecule has 11 rings (SSSR count). The fraction of sp³-hybridized carbons (Fsp3) is 0.0182. The normalized spacial score (nSPS) is 11.5. The highest BCUT2D eigenvalue weighted by Gasteiger charge is 2.23. The molecule has 58 heavy (non-hydrogen) atoms. The number of nitrogens with zero attached hydrogens (tertiary/aromatic N) is 2. The van der Waals surface area contributed by atoms with Gasteiger partial charge >= 0.3 is 0 Å². The SMILES string of the molecule is Cc1ccc(N(c2cc(-c3cccc(-n4c5ccccc5c5ccccc54)c3)c3oc4ccccc4c3c2)c2ccc(-c3ccccc3)cc2-c2ccccc2)cc1. The quantitative estimate of drug-likeness (QED) is 0.162. The van der Waals surface area contributed by atoms with Crippen molar-refractivity contribution in [2.24, 2.45) is 0 Å². The molecule has 3 nitrogen and oxygen atoms in total. The third-order valence-electron chi connectivity index (χ3n) is 11.4. The van der Waals surface area contributed by atoms with E-state index in [9.17, 15) is 0 Å². The molecule has 2 heterocycles. The molecular formula is C55H38N2O. The number of aromatic nitrogens is 1. The lowest BCUT2D eigenvalue weighted by atomic mass is 9.95. The first kappa shape index (κ1) is 33.7. The van der Waals surface area contributed by atoms with Crippen molar-refractivity contribution in [3.8, 4) is 39.1 Å². The summed E-state index contributed by atoms with van der Waals surface area (Å²) < 4.78 is 9.19. The summed E-state index contributed by atoms with van der Waals surface area (Å²) in [4.78, 5) is 2.41. The van der Waals surface area contributed by atoms with E-state index in [0.29, 0.717) is 0 Å². The monoisotopic (exact) mass is 742 g/mol. The van der Waals surface area contributed by atoms with Gasteiger partial charge in [0.2, 0.25) is 0 Å². The number of para-hydroxylation sites is 3. The summed E-state index contributed by atoms with van der Waals surface area (Å²) in [6.45, 7) is 2.14. The van der Waals surface area contributed by atoms with Crippen molar-refractivity contribution >= 4 is 60.8 Å². The highest BCUT2D eigenvalue weighted by atomic mass is 16.3. The largest absolute Gasteiger partial charge is 0.455 e. The standard InChI is InChI=1S/C55H38N2O/c1-37-27-30-42(31-28-37)56(53-32-29-40(38-15-4-2-5-16-38)34-48(53)39-17-6-3-7-18-39)44-35-49(55-50(36-44)47-23-10-13-26-54(47)58-55)41-19-14-20-43(33-41)57-51-24-11-8-21-45(51)46-22-9-12-25-52(46)57/h2-36H,1H3. The number of hydrogen-bond acceptors (Lipinski definition) is 2. The summed E-state index contributed by atoms with van der Waals surface area (Å²) >= 11 is 0. The third kappa shape index (κ3) is 5.67. The van der Waals surface area contributed by atoms with E-state index in [-0.39, 0.29) is 0 Å². The van der Waals surface area contributed by atoms with Crippen LogP contribution in [0.25, 0.3) is 82.8 Å². The molecule has 0 aliphatic carbocycles. The van der Waals surface area contributed by atoms with E-state index >= 15 is 0 Å². The van der Waals surface area contributed by atoms with Crippen molar-refractivity contribution in [1.82, 2.24) is 4.57 Å². The summed E-state index contributed by atoms with van der Waals surface area (Å²) in [6, 6.07) is 76.4. The van der Waals surface area contributed by atoms with E-state index in [2.05, 4.69) is 223 Å². The van der Waals surface area contributed by atoms with Crippen molar-refractivity contribution < 1.29 is 4.42 Å². The van der Waals surface area contributed by atoms with Gasteiger partial charge in [-0.05, 0) is 95.9 Å². The maximum atomic E-state index is 6.80. The van der Waals surface area contributed by atoms with Crippen LogP contribution >= 0.6 is 0 Å². The van der Waals surface area contributed by atoms with E-state index in [1.807, 2.05) is 6.07 Å². The van der Waals surface area contributed by atoms with Crippen molar-refractivity contribution in [3.63, 3.8) is 0 Å². The summed E-state index contributed by atoms with van der Waals surface area (Å²) in [5.41, 5.74) is 16.4. The molecule has 0 amide bonds. The van der Waals surface area contributed by atoms with E-state index in [1.54, 1.807) is 0 Å². The molecule has 11 aromatic rings. The third-order valence-corrected chi connectivity index (χ3v) is 11.4. The van der Waals surface area contributed by atoms with Crippen molar-refractivity contribution in [1.29, 1.82) is 0 Å². The molecule has 0 atom stereocenters. The van der Waals surface area contributed by atoms with Crippen LogP contribution in [0.15, 0.2) is 217 Å². The minimum absolute atomic E-state index is 0.869. The molecule has 0 aliphatic rings. The van der Waals surface area contributed by atoms with Gasteiger partial charge in [0.25, 0.3) is 0 Å². The zero-order valence-corrected chi connectivity index (χ0v) is 32.0. The van der Waals surface area contributed by atoms with Crippen LogP contribution in [-0.2, 0) is 0 Å². The van der Waals surface area contributed by atoms with Gasteiger partial charge in [-0.1, -0.05) is 151 Å². The van der Waals surface area contributed by atoms with Crippen LogP contribution in [0.2, 0.25) is 0 Å². The summed E-state index contributed by atoms with van der Waals surface area (Å²) in [5.74, 6) is 0. The number of hydrogen-bond donors (Lipinski definition) is 0. The van der Waals surface area contributed by atoms with Gasteiger partial charge in [0, 0.05) is 49.7 Å². The summed E-state index contributed by atoms with van der Waals surface area (Å²) in [7, 11) is 0. The fourth-order valence-electron chi connectivity index (χ4n) is 8.68. The molecule has 0 spiro atoms. The minimum atomic E-state index is 0.869. The number of anilines is 3. The van der Waals surface area contributed by atoms with Crippen LogP contribution in [0.1, 0.15) is 5.56 Å². The molecule has 0 N–H and O–H groups in total.